The van der Waals surface area contributed by atoms with E-state index >= 15 is 0 Å². The largest absolute Gasteiger partial charge is 0.358 e. The molecule has 2 aromatic rings. The van der Waals surface area contributed by atoms with Crippen LogP contribution >= 0.6 is 0 Å². The van der Waals surface area contributed by atoms with E-state index in [0.29, 0.717) is 16.6 Å². The molecular weight excluding hydrogens is 238 g/mol. The van der Waals surface area contributed by atoms with Crippen molar-refractivity contribution in [2.45, 2.75) is 12.7 Å². The molecule has 0 bridgehead atoms. The Morgan fingerprint density at radius 2 is 1.88 bits per heavy atom. The maximum Gasteiger partial charge on any atom is 0.193 e. The summed E-state index contributed by atoms with van der Waals surface area (Å²) in [6.45, 7) is 1.72. The van der Waals surface area contributed by atoms with E-state index in [1.54, 1.807) is 25.1 Å². The van der Waals surface area contributed by atoms with Crippen LogP contribution in [0.4, 0.5) is 0 Å². The number of para-hydroxylation sites is 1. The summed E-state index contributed by atoms with van der Waals surface area (Å²) in [5.74, 6) is -0.223. The quantitative estimate of drug-likeness (QED) is 0.876. The van der Waals surface area contributed by atoms with Gasteiger partial charge in [0.05, 0.1) is 5.75 Å². The van der Waals surface area contributed by atoms with Gasteiger partial charge in [-0.1, -0.05) is 12.1 Å². The van der Waals surface area contributed by atoms with Crippen molar-refractivity contribution in [3.63, 3.8) is 0 Å². The molecule has 0 fully saturated rings. The molecule has 90 valence electrons. The van der Waals surface area contributed by atoms with Gasteiger partial charge in [0.2, 0.25) is 0 Å². The maximum absolute atomic E-state index is 12.1. The highest BCUT2D eigenvalue weighted by Gasteiger charge is 2.13. The molecule has 0 atom stereocenters. The number of hydrogen-bond acceptors (Lipinski definition) is 3. The SMILES string of the molecule is Cc1[nH]c2ccccc2c(=O)c1CS(C)(=O)=O. The van der Waals surface area contributed by atoms with E-state index in [2.05, 4.69) is 4.98 Å². The lowest BCUT2D eigenvalue weighted by Gasteiger charge is -2.06. The lowest BCUT2D eigenvalue weighted by atomic mass is 10.1. The van der Waals surface area contributed by atoms with Gasteiger partial charge in [0, 0.05) is 28.4 Å². The summed E-state index contributed by atoms with van der Waals surface area (Å²) in [6.07, 6.45) is 1.13. The summed E-state index contributed by atoms with van der Waals surface area (Å²) in [4.78, 5) is 15.2. The van der Waals surface area contributed by atoms with Crippen LogP contribution in [-0.4, -0.2) is 19.7 Å². The summed E-state index contributed by atoms with van der Waals surface area (Å²) in [7, 11) is -3.21. The number of aryl methyl sites for hydroxylation is 1. The molecule has 1 aromatic carbocycles. The Morgan fingerprint density at radius 3 is 2.53 bits per heavy atom. The van der Waals surface area contributed by atoms with Crippen LogP contribution in [-0.2, 0) is 15.6 Å². The van der Waals surface area contributed by atoms with Crippen LogP contribution in [0.1, 0.15) is 11.3 Å². The zero-order valence-electron chi connectivity index (χ0n) is 9.65. The van der Waals surface area contributed by atoms with Gasteiger partial charge in [-0.2, -0.15) is 0 Å². The van der Waals surface area contributed by atoms with Crippen molar-refractivity contribution in [1.29, 1.82) is 0 Å². The van der Waals surface area contributed by atoms with Gasteiger partial charge in [-0.15, -0.1) is 0 Å². The molecule has 5 heteroatoms. The van der Waals surface area contributed by atoms with Crippen molar-refractivity contribution < 1.29 is 8.42 Å². The highest BCUT2D eigenvalue weighted by atomic mass is 32.2. The molecule has 1 aromatic heterocycles. The zero-order chi connectivity index (χ0) is 12.6. The first-order valence-corrected chi connectivity index (χ1v) is 7.23. The summed E-state index contributed by atoms with van der Waals surface area (Å²) < 4.78 is 22.6. The second kappa shape index (κ2) is 4.00. The lowest BCUT2D eigenvalue weighted by Crippen LogP contribution is -2.16. The lowest BCUT2D eigenvalue weighted by molar-refractivity contribution is 0.600. The summed E-state index contributed by atoms with van der Waals surface area (Å²) in [5.41, 5.74) is 1.46. The third kappa shape index (κ3) is 2.39. The molecule has 0 aliphatic rings. The highest BCUT2D eigenvalue weighted by molar-refractivity contribution is 7.89. The Labute approximate surface area is 99.2 Å². The molecule has 0 aliphatic carbocycles. The Balaban J connectivity index is 2.77. The molecule has 1 heterocycles. The van der Waals surface area contributed by atoms with E-state index in [-0.39, 0.29) is 11.2 Å². The fourth-order valence-electron chi connectivity index (χ4n) is 1.84. The molecule has 2 rings (SSSR count). The van der Waals surface area contributed by atoms with E-state index < -0.39 is 9.84 Å². The van der Waals surface area contributed by atoms with E-state index in [9.17, 15) is 13.2 Å². The fourth-order valence-corrected chi connectivity index (χ4v) is 2.71. The molecule has 4 nitrogen and oxygen atoms in total. The van der Waals surface area contributed by atoms with Crippen molar-refractivity contribution in [1.82, 2.24) is 4.98 Å². The fraction of sp³-hybridized carbons (Fsp3) is 0.250. The monoisotopic (exact) mass is 251 g/mol. The number of benzene rings is 1. The maximum atomic E-state index is 12.1. The summed E-state index contributed by atoms with van der Waals surface area (Å²) in [5, 5.41) is 0.525. The first-order valence-electron chi connectivity index (χ1n) is 5.17. The molecule has 0 amide bonds. The first kappa shape index (κ1) is 11.9. The van der Waals surface area contributed by atoms with Crippen LogP contribution in [0.5, 0.6) is 0 Å². The van der Waals surface area contributed by atoms with Crippen LogP contribution in [0.3, 0.4) is 0 Å². The van der Waals surface area contributed by atoms with E-state index in [0.717, 1.165) is 11.8 Å². The Bertz CT molecular complexity index is 729. The molecule has 0 radical (unpaired) electrons. The number of nitrogens with one attached hydrogen (secondary N) is 1. The van der Waals surface area contributed by atoms with Crippen molar-refractivity contribution in [3.8, 4) is 0 Å². The molecule has 0 spiro atoms. The minimum Gasteiger partial charge on any atom is -0.358 e. The Hall–Kier alpha value is -1.62. The normalized spacial score (nSPS) is 11.9. The molecule has 0 unspecified atom stereocenters. The summed E-state index contributed by atoms with van der Waals surface area (Å²) in [6, 6.07) is 7.08. The third-order valence-electron chi connectivity index (χ3n) is 2.63. The number of aromatic nitrogens is 1. The second-order valence-corrected chi connectivity index (χ2v) is 6.31. The zero-order valence-corrected chi connectivity index (χ0v) is 10.5. The molecular formula is C12H13NO3S. The van der Waals surface area contributed by atoms with Crippen LogP contribution in [0.25, 0.3) is 10.9 Å². The average Bonchev–Trinajstić information content (AvgIpc) is 2.23. The van der Waals surface area contributed by atoms with Crippen molar-refractivity contribution in [2.24, 2.45) is 0 Å². The predicted molar refractivity (Wildman–Crippen MR) is 67.9 cm³/mol. The average molecular weight is 251 g/mol. The van der Waals surface area contributed by atoms with Gasteiger partial charge >= 0.3 is 0 Å². The van der Waals surface area contributed by atoms with Gasteiger partial charge in [-0.25, -0.2) is 8.42 Å². The third-order valence-corrected chi connectivity index (χ3v) is 3.44. The van der Waals surface area contributed by atoms with Crippen LogP contribution in [0.15, 0.2) is 29.1 Å². The van der Waals surface area contributed by atoms with Crippen molar-refractivity contribution >= 4 is 20.7 Å². The molecule has 17 heavy (non-hydrogen) atoms. The predicted octanol–water partition coefficient (Wildman–Crippen LogP) is 1.38. The number of rotatable bonds is 2. The number of H-pyrrole nitrogens is 1. The first-order chi connectivity index (χ1) is 7.88. The smallest absolute Gasteiger partial charge is 0.193 e. The number of fused-ring (bicyclic) bond motifs is 1. The molecule has 1 N–H and O–H groups in total. The van der Waals surface area contributed by atoms with Gasteiger partial charge in [0.1, 0.15) is 0 Å². The van der Waals surface area contributed by atoms with Crippen molar-refractivity contribution in [3.05, 3.63) is 45.7 Å². The van der Waals surface area contributed by atoms with E-state index in [1.807, 2.05) is 6.07 Å². The van der Waals surface area contributed by atoms with Crippen LogP contribution in [0.2, 0.25) is 0 Å². The Morgan fingerprint density at radius 1 is 1.24 bits per heavy atom. The second-order valence-electron chi connectivity index (χ2n) is 4.17. The molecule has 0 saturated heterocycles. The van der Waals surface area contributed by atoms with Gasteiger partial charge in [-0.05, 0) is 19.1 Å². The topological polar surface area (TPSA) is 67.0 Å². The minimum atomic E-state index is -3.21. The van der Waals surface area contributed by atoms with Crippen LogP contribution < -0.4 is 5.43 Å². The van der Waals surface area contributed by atoms with E-state index in [1.165, 1.54) is 0 Å². The number of pyridine rings is 1. The number of sulfone groups is 1. The van der Waals surface area contributed by atoms with Crippen LogP contribution in [0, 0.1) is 6.92 Å². The molecule has 0 aliphatic heterocycles. The minimum absolute atomic E-state index is 0.206. The molecule has 0 saturated carbocycles. The van der Waals surface area contributed by atoms with E-state index in [4.69, 9.17) is 0 Å². The Kier molecular flexibility index (Phi) is 2.79. The number of aromatic amines is 1. The van der Waals surface area contributed by atoms with Gasteiger partial charge in [0.15, 0.2) is 15.3 Å². The standard InChI is InChI=1S/C12H13NO3S/c1-8-10(7-17(2,15)16)12(14)9-5-3-4-6-11(9)13-8/h3-6H,7H2,1-2H3,(H,13,14). The highest BCUT2D eigenvalue weighted by Crippen LogP contribution is 2.12. The summed E-state index contributed by atoms with van der Waals surface area (Å²) >= 11 is 0. The van der Waals surface area contributed by atoms with Gasteiger partial charge in [-0.3, -0.25) is 4.79 Å². The van der Waals surface area contributed by atoms with Gasteiger partial charge in [0.25, 0.3) is 0 Å². The number of hydrogen-bond donors (Lipinski definition) is 1. The van der Waals surface area contributed by atoms with Gasteiger partial charge < -0.3 is 4.98 Å². The van der Waals surface area contributed by atoms with Crippen molar-refractivity contribution in [2.75, 3.05) is 6.26 Å².